The van der Waals surface area contributed by atoms with Gasteiger partial charge in [0.05, 0.1) is 6.04 Å². The first-order chi connectivity index (χ1) is 7.63. The smallest absolute Gasteiger partial charge is 0.236 e. The van der Waals surface area contributed by atoms with E-state index >= 15 is 0 Å². The normalized spacial score (nSPS) is 20.7. The van der Waals surface area contributed by atoms with Gasteiger partial charge in [-0.2, -0.15) is 0 Å². The standard InChI is InChI=1S/C12H25N3O/c1-3-4-7-15-8-5-11(6-9-15)14-12(16)10(2)13/h10-11H,3-9,13H2,1-2H3,(H,14,16)/t10-/m0/s1. The van der Waals surface area contributed by atoms with Crippen LogP contribution in [0.1, 0.15) is 39.5 Å². The van der Waals surface area contributed by atoms with Gasteiger partial charge in [0, 0.05) is 19.1 Å². The molecule has 1 rings (SSSR count). The van der Waals surface area contributed by atoms with Crippen LogP contribution in [0.2, 0.25) is 0 Å². The number of piperidine rings is 1. The van der Waals surface area contributed by atoms with E-state index in [0.717, 1.165) is 25.9 Å². The lowest BCUT2D eigenvalue weighted by Gasteiger charge is -2.32. The maximum Gasteiger partial charge on any atom is 0.236 e. The Labute approximate surface area is 98.6 Å². The summed E-state index contributed by atoms with van der Waals surface area (Å²) in [5.41, 5.74) is 5.52. The van der Waals surface area contributed by atoms with Crippen LogP contribution in [0, 0.1) is 0 Å². The van der Waals surface area contributed by atoms with Crippen LogP contribution in [-0.4, -0.2) is 42.5 Å². The summed E-state index contributed by atoms with van der Waals surface area (Å²) in [4.78, 5) is 13.9. The Morgan fingerprint density at radius 1 is 1.50 bits per heavy atom. The summed E-state index contributed by atoms with van der Waals surface area (Å²) < 4.78 is 0. The van der Waals surface area contributed by atoms with Crippen molar-refractivity contribution in [3.63, 3.8) is 0 Å². The Morgan fingerprint density at radius 3 is 2.62 bits per heavy atom. The summed E-state index contributed by atoms with van der Waals surface area (Å²) in [5.74, 6) is -0.0213. The first-order valence-corrected chi connectivity index (χ1v) is 6.41. The van der Waals surface area contributed by atoms with Crippen molar-refractivity contribution in [1.29, 1.82) is 0 Å². The number of rotatable bonds is 5. The van der Waals surface area contributed by atoms with Gasteiger partial charge in [-0.05, 0) is 32.7 Å². The summed E-state index contributed by atoms with van der Waals surface area (Å²) in [5, 5.41) is 3.00. The molecule has 1 heterocycles. The van der Waals surface area contributed by atoms with Crippen LogP contribution in [-0.2, 0) is 4.79 Å². The number of hydrogen-bond acceptors (Lipinski definition) is 3. The molecule has 0 spiro atoms. The van der Waals surface area contributed by atoms with E-state index in [1.165, 1.54) is 19.4 Å². The third-order valence-electron chi connectivity index (χ3n) is 3.18. The summed E-state index contributed by atoms with van der Waals surface area (Å²) >= 11 is 0. The third-order valence-corrected chi connectivity index (χ3v) is 3.18. The molecule has 0 aromatic heterocycles. The molecule has 0 radical (unpaired) electrons. The summed E-state index contributed by atoms with van der Waals surface area (Å²) in [6, 6.07) is -0.0607. The molecular weight excluding hydrogens is 202 g/mol. The van der Waals surface area contributed by atoms with Gasteiger partial charge in [0.1, 0.15) is 0 Å². The van der Waals surface area contributed by atoms with Crippen molar-refractivity contribution in [2.75, 3.05) is 19.6 Å². The minimum Gasteiger partial charge on any atom is -0.352 e. The molecule has 0 bridgehead atoms. The van der Waals surface area contributed by atoms with Crippen molar-refractivity contribution in [3.8, 4) is 0 Å². The number of nitrogens with one attached hydrogen (secondary N) is 1. The van der Waals surface area contributed by atoms with Crippen LogP contribution < -0.4 is 11.1 Å². The summed E-state index contributed by atoms with van der Waals surface area (Å²) in [6.45, 7) is 7.35. The Morgan fingerprint density at radius 2 is 2.12 bits per heavy atom. The molecule has 0 unspecified atom stereocenters. The molecule has 3 N–H and O–H groups in total. The molecular formula is C12H25N3O. The Hall–Kier alpha value is -0.610. The van der Waals surface area contributed by atoms with Gasteiger partial charge in [0.2, 0.25) is 5.91 Å². The van der Waals surface area contributed by atoms with E-state index in [-0.39, 0.29) is 5.91 Å². The molecule has 1 amide bonds. The van der Waals surface area contributed by atoms with Crippen LogP contribution >= 0.6 is 0 Å². The number of carbonyl (C=O) groups excluding carboxylic acids is 1. The van der Waals surface area contributed by atoms with Gasteiger partial charge in [-0.1, -0.05) is 13.3 Å². The van der Waals surface area contributed by atoms with Gasteiger partial charge in [-0.15, -0.1) is 0 Å². The van der Waals surface area contributed by atoms with Gasteiger partial charge >= 0.3 is 0 Å². The molecule has 94 valence electrons. The summed E-state index contributed by atoms with van der Waals surface area (Å²) in [6.07, 6.45) is 4.64. The van der Waals surface area contributed by atoms with Crippen LogP contribution in [0.4, 0.5) is 0 Å². The molecule has 1 saturated heterocycles. The van der Waals surface area contributed by atoms with E-state index < -0.39 is 6.04 Å². The van der Waals surface area contributed by atoms with E-state index in [1.54, 1.807) is 6.92 Å². The zero-order chi connectivity index (χ0) is 12.0. The van der Waals surface area contributed by atoms with Crippen molar-refractivity contribution in [2.45, 2.75) is 51.6 Å². The highest BCUT2D eigenvalue weighted by atomic mass is 16.2. The van der Waals surface area contributed by atoms with Crippen LogP contribution in [0.15, 0.2) is 0 Å². The average Bonchev–Trinajstić information content (AvgIpc) is 2.28. The number of nitrogens with two attached hydrogens (primary N) is 1. The average molecular weight is 227 g/mol. The van der Waals surface area contributed by atoms with E-state index in [9.17, 15) is 4.79 Å². The topological polar surface area (TPSA) is 58.4 Å². The quantitative estimate of drug-likeness (QED) is 0.727. The number of unbranched alkanes of at least 4 members (excludes halogenated alkanes) is 1. The SMILES string of the molecule is CCCCN1CCC(NC(=O)[C@H](C)N)CC1. The first kappa shape index (κ1) is 13.5. The molecule has 1 aliphatic heterocycles. The Balaban J connectivity index is 2.19. The third kappa shape index (κ3) is 4.49. The van der Waals surface area contributed by atoms with Crippen molar-refractivity contribution >= 4 is 5.91 Å². The van der Waals surface area contributed by atoms with E-state index in [0.29, 0.717) is 6.04 Å². The van der Waals surface area contributed by atoms with E-state index in [4.69, 9.17) is 5.73 Å². The van der Waals surface area contributed by atoms with Crippen LogP contribution in [0.3, 0.4) is 0 Å². The predicted molar refractivity (Wildman–Crippen MR) is 66.2 cm³/mol. The number of nitrogens with zero attached hydrogens (tertiary/aromatic N) is 1. The molecule has 0 aliphatic carbocycles. The molecule has 1 aliphatic rings. The van der Waals surface area contributed by atoms with Gasteiger partial charge in [-0.25, -0.2) is 0 Å². The fraction of sp³-hybridized carbons (Fsp3) is 0.917. The highest BCUT2D eigenvalue weighted by molar-refractivity contribution is 5.81. The van der Waals surface area contributed by atoms with Gasteiger partial charge in [0.15, 0.2) is 0 Å². The van der Waals surface area contributed by atoms with Gasteiger partial charge < -0.3 is 16.0 Å². The van der Waals surface area contributed by atoms with Crippen molar-refractivity contribution in [1.82, 2.24) is 10.2 Å². The summed E-state index contributed by atoms with van der Waals surface area (Å²) in [7, 11) is 0. The highest BCUT2D eigenvalue weighted by Crippen LogP contribution is 2.11. The fourth-order valence-electron chi connectivity index (χ4n) is 2.02. The monoisotopic (exact) mass is 227 g/mol. The number of amides is 1. The fourth-order valence-corrected chi connectivity index (χ4v) is 2.02. The van der Waals surface area contributed by atoms with Crippen LogP contribution in [0.25, 0.3) is 0 Å². The molecule has 4 nitrogen and oxygen atoms in total. The second-order valence-corrected chi connectivity index (χ2v) is 4.77. The molecule has 0 aromatic rings. The lowest BCUT2D eigenvalue weighted by Crippen LogP contribution is -2.48. The van der Waals surface area contributed by atoms with Gasteiger partial charge in [0.25, 0.3) is 0 Å². The lowest BCUT2D eigenvalue weighted by atomic mass is 10.0. The minimum atomic E-state index is -0.391. The number of hydrogen-bond donors (Lipinski definition) is 2. The van der Waals surface area contributed by atoms with Gasteiger partial charge in [-0.3, -0.25) is 4.79 Å². The maximum absolute atomic E-state index is 11.4. The molecule has 1 fully saturated rings. The number of carbonyl (C=O) groups is 1. The minimum absolute atomic E-state index is 0.0213. The zero-order valence-electron chi connectivity index (χ0n) is 10.5. The van der Waals surface area contributed by atoms with Crippen LogP contribution in [0.5, 0.6) is 0 Å². The molecule has 16 heavy (non-hydrogen) atoms. The zero-order valence-corrected chi connectivity index (χ0v) is 10.5. The second-order valence-electron chi connectivity index (χ2n) is 4.77. The second kappa shape index (κ2) is 6.86. The van der Waals surface area contributed by atoms with Crippen molar-refractivity contribution in [3.05, 3.63) is 0 Å². The molecule has 0 aromatic carbocycles. The van der Waals surface area contributed by atoms with Crippen molar-refractivity contribution < 1.29 is 4.79 Å². The first-order valence-electron chi connectivity index (χ1n) is 6.41. The maximum atomic E-state index is 11.4. The number of likely N-dealkylation sites (tertiary alicyclic amines) is 1. The highest BCUT2D eigenvalue weighted by Gasteiger charge is 2.20. The molecule has 0 saturated carbocycles. The molecule has 1 atom stereocenters. The Bertz CT molecular complexity index is 210. The van der Waals surface area contributed by atoms with E-state index in [2.05, 4.69) is 17.1 Å². The largest absolute Gasteiger partial charge is 0.352 e. The lowest BCUT2D eigenvalue weighted by molar-refractivity contribution is -0.123. The molecule has 4 heteroatoms. The Kier molecular flexibility index (Phi) is 5.77. The van der Waals surface area contributed by atoms with Crippen molar-refractivity contribution in [2.24, 2.45) is 5.73 Å². The van der Waals surface area contributed by atoms with E-state index in [1.807, 2.05) is 0 Å². The predicted octanol–water partition coefficient (Wildman–Crippen LogP) is 0.714.